The van der Waals surface area contributed by atoms with Crippen LogP contribution >= 0.6 is 0 Å². The fourth-order valence-corrected chi connectivity index (χ4v) is 12.4. The van der Waals surface area contributed by atoms with Gasteiger partial charge in [0.15, 0.2) is 11.6 Å². The van der Waals surface area contributed by atoms with Gasteiger partial charge in [0.1, 0.15) is 18.1 Å². The van der Waals surface area contributed by atoms with Crippen molar-refractivity contribution >= 4 is 94.6 Å². The van der Waals surface area contributed by atoms with Crippen LogP contribution in [0.15, 0.2) is 0 Å². The van der Waals surface area contributed by atoms with E-state index in [1.165, 1.54) is 38.3 Å². The van der Waals surface area contributed by atoms with Crippen molar-refractivity contribution in [2.45, 2.75) is 298 Å². The molecule has 0 radical (unpaired) electrons. The van der Waals surface area contributed by atoms with Crippen LogP contribution in [0.25, 0.3) is 0 Å². The number of hydrogen-bond acceptors (Lipinski definition) is 16. The Bertz CT molecular complexity index is 2740. The van der Waals surface area contributed by atoms with Crippen molar-refractivity contribution in [3.05, 3.63) is 0 Å². The molecule has 5 unspecified atom stereocenters. The lowest BCUT2D eigenvalue weighted by Crippen LogP contribution is -2.51. The number of amides is 8. The smallest absolute Gasteiger partial charge is 0.303 e. The van der Waals surface area contributed by atoms with Crippen LogP contribution < -0.4 is 16.0 Å². The summed E-state index contributed by atoms with van der Waals surface area (Å²) in [6.07, 6.45) is 0.849. The molecule has 0 saturated heterocycles. The summed E-state index contributed by atoms with van der Waals surface area (Å²) in [5.74, 6) is -12.0. The van der Waals surface area contributed by atoms with Crippen molar-refractivity contribution in [1.82, 2.24) is 40.4 Å². The molecule has 0 bridgehead atoms. The van der Waals surface area contributed by atoms with Gasteiger partial charge in [-0.25, -0.2) is 0 Å². The molecule has 0 heterocycles. The second-order valence-corrected chi connectivity index (χ2v) is 28.8. The Labute approximate surface area is 614 Å². The Hall–Kier alpha value is -8.08. The molecule has 9 N–H and O–H groups in total. The van der Waals surface area contributed by atoms with Crippen LogP contribution in [-0.4, -0.2) is 232 Å². The molecule has 0 aromatic rings. The number of carbonyl (C=O) groups is 16. The number of unbranched alkanes of at least 4 members (excludes halogenated alkanes) is 6. The monoisotopic (exact) mass is 1480 g/mol. The first-order valence-corrected chi connectivity index (χ1v) is 37.5. The van der Waals surface area contributed by atoms with Crippen molar-refractivity contribution in [3.8, 4) is 0 Å². The Morgan fingerprint density at radius 3 is 0.817 bits per heavy atom. The third-order valence-corrected chi connectivity index (χ3v) is 17.6. The third kappa shape index (κ3) is 43.9. The van der Waals surface area contributed by atoms with E-state index in [-0.39, 0.29) is 248 Å². The average Bonchev–Trinajstić information content (AvgIpc) is 0.859. The highest BCUT2D eigenvalue weighted by atomic mass is 16.4. The number of ketones is 2. The van der Waals surface area contributed by atoms with Gasteiger partial charge >= 0.3 is 35.8 Å². The lowest BCUT2D eigenvalue weighted by molar-refractivity contribution is -0.144. The first kappa shape index (κ1) is 95.9. The topological polar surface area (TPSA) is 447 Å². The van der Waals surface area contributed by atoms with Crippen LogP contribution in [0.3, 0.4) is 0 Å². The number of aliphatic carboxylic acids is 6. The van der Waals surface area contributed by atoms with E-state index < -0.39 is 113 Å². The van der Waals surface area contributed by atoms with E-state index >= 15 is 9.59 Å². The van der Waals surface area contributed by atoms with E-state index in [2.05, 4.69) is 16.0 Å². The summed E-state index contributed by atoms with van der Waals surface area (Å²) in [4.78, 5) is 217. The quantitative estimate of drug-likeness (QED) is 0.0263. The van der Waals surface area contributed by atoms with E-state index in [0.717, 1.165) is 0 Å². The molecule has 30 heteroatoms. The highest BCUT2D eigenvalue weighted by Gasteiger charge is 2.36. The zero-order chi connectivity index (χ0) is 79.0. The molecule has 104 heavy (non-hydrogen) atoms. The zero-order valence-corrected chi connectivity index (χ0v) is 63.7. The Morgan fingerprint density at radius 2 is 0.490 bits per heavy atom. The fourth-order valence-electron chi connectivity index (χ4n) is 12.4. The van der Waals surface area contributed by atoms with Crippen LogP contribution in [-0.2, 0) is 76.7 Å². The number of carbonyl (C=O) groups excluding carboxylic acids is 10. The first-order valence-electron chi connectivity index (χ1n) is 37.5. The summed E-state index contributed by atoms with van der Waals surface area (Å²) in [5, 5.41) is 64.8. The normalized spacial score (nSPS) is 12.7. The predicted octanol–water partition coefficient (Wildman–Crippen LogP) is 7.72. The molecule has 0 aliphatic carbocycles. The minimum absolute atomic E-state index is 0.0172. The molecule has 0 aromatic carbocycles. The first-order chi connectivity index (χ1) is 48.9. The summed E-state index contributed by atoms with van der Waals surface area (Å²) in [5.41, 5.74) is 0. The molecular weight excluding hydrogens is 1350 g/mol. The average molecular weight is 1480 g/mol. The maximum atomic E-state index is 15.2. The number of nitrogens with zero attached hydrogens (tertiary/aromatic N) is 5. The molecule has 8 amide bonds. The molecule has 0 spiro atoms. The highest BCUT2D eigenvalue weighted by molar-refractivity contribution is 5.92. The Balaban J connectivity index is 7.97. The number of hydrogen-bond donors (Lipinski definition) is 9. The molecule has 0 fully saturated rings. The van der Waals surface area contributed by atoms with Crippen molar-refractivity contribution in [1.29, 1.82) is 0 Å². The summed E-state index contributed by atoms with van der Waals surface area (Å²) in [7, 11) is 0. The second kappa shape index (κ2) is 54.5. The summed E-state index contributed by atoms with van der Waals surface area (Å²) < 4.78 is 0. The van der Waals surface area contributed by atoms with Crippen LogP contribution in [0.1, 0.15) is 268 Å². The van der Waals surface area contributed by atoms with Crippen molar-refractivity contribution in [3.63, 3.8) is 0 Å². The van der Waals surface area contributed by atoms with Crippen LogP contribution in [0.2, 0.25) is 0 Å². The van der Waals surface area contributed by atoms with E-state index in [9.17, 15) is 87.5 Å². The highest BCUT2D eigenvalue weighted by Crippen LogP contribution is 2.24. The van der Waals surface area contributed by atoms with Crippen molar-refractivity contribution in [2.75, 3.05) is 52.4 Å². The van der Waals surface area contributed by atoms with Gasteiger partial charge in [0.25, 0.3) is 0 Å². The van der Waals surface area contributed by atoms with E-state index in [0.29, 0.717) is 38.5 Å². The van der Waals surface area contributed by atoms with Gasteiger partial charge < -0.3 is 71.1 Å². The maximum Gasteiger partial charge on any atom is 0.303 e. The largest absolute Gasteiger partial charge is 0.481 e. The minimum Gasteiger partial charge on any atom is -0.481 e. The Kier molecular flexibility index (Phi) is 50.3. The van der Waals surface area contributed by atoms with Gasteiger partial charge in [-0.2, -0.15) is 0 Å². The van der Waals surface area contributed by atoms with Crippen molar-refractivity contribution < 1.29 is 107 Å². The Morgan fingerprint density at radius 1 is 0.250 bits per heavy atom. The van der Waals surface area contributed by atoms with Gasteiger partial charge in [-0.3, -0.25) is 76.7 Å². The molecule has 0 rings (SSSR count). The van der Waals surface area contributed by atoms with Crippen LogP contribution in [0, 0.1) is 23.7 Å². The van der Waals surface area contributed by atoms with Gasteiger partial charge in [-0.15, -0.1) is 0 Å². The zero-order valence-electron chi connectivity index (χ0n) is 63.7. The van der Waals surface area contributed by atoms with Gasteiger partial charge in [0.2, 0.25) is 47.3 Å². The second-order valence-electron chi connectivity index (χ2n) is 28.8. The standard InChI is InChI=1S/C74H126N8O22/c1-50(2)46-57(54(9)83)79(42-22-33-68(94)95)63(87)28-20-26-56(72(102)77-40-37-65(89)80(43-23-34-69(96)97)58(55(10)84)47-51(3)4)78(41-19-13-14-27-61(85)81(44-24-35-70(98)99)59(48-52(5)6)73(103)75-38-17-11-15-31-66(90)91)62(86)29-21-30-64(88)82(45-25-36-71(100)101)60(49-53(7)8)74(104)76-39-18-12-16-32-67(92)93/h50-53,56-60H,11-49H2,1-10H3,(H,75,103)(H,76,104)(H,77,102)(H,90,91)(H,92,93)(H,94,95)(H,96,97)(H,98,99)(H,100,101). The van der Waals surface area contributed by atoms with Crippen LogP contribution in [0.4, 0.5) is 0 Å². The van der Waals surface area contributed by atoms with Gasteiger partial charge in [-0.05, 0) is 147 Å². The minimum atomic E-state index is -1.42. The fraction of sp³-hybridized carbons (Fsp3) is 0.784. The molecule has 30 nitrogen and oxygen atoms in total. The third-order valence-electron chi connectivity index (χ3n) is 17.6. The maximum absolute atomic E-state index is 15.2. The van der Waals surface area contributed by atoms with Crippen molar-refractivity contribution in [2.24, 2.45) is 23.7 Å². The number of rotatable bonds is 63. The number of nitrogens with one attached hydrogen (secondary N) is 3. The lowest BCUT2D eigenvalue weighted by Gasteiger charge is -2.34. The van der Waals surface area contributed by atoms with E-state index in [4.69, 9.17) is 10.2 Å². The van der Waals surface area contributed by atoms with Gasteiger partial charge in [-0.1, -0.05) is 74.7 Å². The van der Waals surface area contributed by atoms with Gasteiger partial charge in [0, 0.05) is 123 Å². The summed E-state index contributed by atoms with van der Waals surface area (Å²) in [6.45, 7) is 17.0. The molecule has 594 valence electrons. The molecular formula is C74H126N8O22. The molecule has 0 aromatic heterocycles. The number of carboxylic acid groups (broad SMARTS) is 6. The predicted molar refractivity (Wildman–Crippen MR) is 386 cm³/mol. The van der Waals surface area contributed by atoms with E-state index in [1.807, 2.05) is 55.4 Å². The number of carboxylic acids is 6. The van der Waals surface area contributed by atoms with Gasteiger partial charge in [0.05, 0.1) is 12.1 Å². The SMILES string of the molecule is CC(=O)C(CC(C)C)N(CCCC(=O)O)C(=O)CCCC(C(=O)NCCC(=O)N(CCCC(=O)O)C(CC(C)C)C(C)=O)N(CCCCCC(=O)N(CCCC(=O)O)C(CC(C)C)C(=O)NCCCCCC(=O)O)C(=O)CCCC(=O)N(CCCC(=O)O)C(CC(C)C)C(=O)NCCCCCC(=O)O. The molecule has 5 atom stereocenters. The molecule has 0 aliphatic heterocycles. The molecule has 0 aliphatic rings. The van der Waals surface area contributed by atoms with Crippen LogP contribution in [0.5, 0.6) is 0 Å². The van der Waals surface area contributed by atoms with E-state index in [1.54, 1.807) is 0 Å². The lowest BCUT2D eigenvalue weighted by atomic mass is 9.98. The molecule has 0 saturated carbocycles. The summed E-state index contributed by atoms with van der Waals surface area (Å²) >= 11 is 0. The summed E-state index contributed by atoms with van der Waals surface area (Å²) in [6, 6.07) is -5.31. The number of Topliss-reactive ketones (excluding diaryl/α,β-unsaturated/α-hetero) is 2.